The van der Waals surface area contributed by atoms with Gasteiger partial charge in [0.2, 0.25) is 0 Å². The normalized spacial score (nSPS) is 20.0. The van der Waals surface area contributed by atoms with Gasteiger partial charge in [-0.25, -0.2) is 9.78 Å². The summed E-state index contributed by atoms with van der Waals surface area (Å²) in [6.07, 6.45) is 4.94. The number of carbonyl (C=O) groups excluding carboxylic acids is 1. The molecule has 6 heteroatoms. The number of amides is 2. The Balaban J connectivity index is 1.41. The van der Waals surface area contributed by atoms with Gasteiger partial charge in [0.25, 0.3) is 0 Å². The van der Waals surface area contributed by atoms with Crippen LogP contribution in [0, 0.1) is 5.41 Å². The Morgan fingerprint density at radius 3 is 2.80 bits per heavy atom. The summed E-state index contributed by atoms with van der Waals surface area (Å²) in [5, 5.41) is 12.6. The van der Waals surface area contributed by atoms with Crippen molar-refractivity contribution in [3.05, 3.63) is 24.1 Å². The van der Waals surface area contributed by atoms with Crippen LogP contribution in [-0.4, -0.2) is 40.7 Å². The summed E-state index contributed by atoms with van der Waals surface area (Å²) in [5.41, 5.74) is 2.28. The van der Waals surface area contributed by atoms with Gasteiger partial charge in [-0.15, -0.1) is 0 Å². The fourth-order valence-corrected chi connectivity index (χ4v) is 3.54. The summed E-state index contributed by atoms with van der Waals surface area (Å²) < 4.78 is 5.81. The number of aromatic nitrogens is 1. The Kier molecular flexibility index (Phi) is 4.15. The number of hydrogen-bond donors (Lipinski definition) is 2. The molecule has 0 unspecified atom stereocenters. The number of carbonyl (C=O) groups is 1. The summed E-state index contributed by atoms with van der Waals surface area (Å²) in [5.74, 6) is 1.29. The lowest BCUT2D eigenvalue weighted by Gasteiger charge is -2.40. The maximum atomic E-state index is 12.5. The molecule has 1 saturated heterocycles. The van der Waals surface area contributed by atoms with Crippen LogP contribution in [0.4, 0.5) is 10.5 Å². The first-order valence-electron chi connectivity index (χ1n) is 9.20. The minimum atomic E-state index is -0.0936. The fourth-order valence-electron chi connectivity index (χ4n) is 3.54. The van der Waals surface area contributed by atoms with E-state index in [0.29, 0.717) is 19.0 Å². The summed E-state index contributed by atoms with van der Waals surface area (Å²) in [6.45, 7) is 3.66. The molecule has 2 heterocycles. The third kappa shape index (κ3) is 3.23. The second-order valence-electron chi connectivity index (χ2n) is 7.44. The molecule has 2 fully saturated rings. The number of oxazole rings is 1. The van der Waals surface area contributed by atoms with Crippen molar-refractivity contribution in [1.82, 2.24) is 9.88 Å². The zero-order valence-electron chi connectivity index (χ0n) is 14.6. The van der Waals surface area contributed by atoms with Crippen LogP contribution in [0.15, 0.2) is 22.6 Å². The Bertz CT molecular complexity index is 767. The minimum absolute atomic E-state index is 0.0191. The molecule has 25 heavy (non-hydrogen) atoms. The maximum absolute atomic E-state index is 12.5. The first kappa shape index (κ1) is 16.4. The van der Waals surface area contributed by atoms with Crippen LogP contribution in [0.3, 0.4) is 0 Å². The Morgan fingerprint density at radius 1 is 1.40 bits per heavy atom. The van der Waals surface area contributed by atoms with E-state index in [0.717, 1.165) is 54.8 Å². The zero-order valence-corrected chi connectivity index (χ0v) is 14.6. The number of likely N-dealkylation sites (tertiary alicyclic amines) is 1. The summed E-state index contributed by atoms with van der Waals surface area (Å²) >= 11 is 0. The van der Waals surface area contributed by atoms with Crippen LogP contribution in [0.25, 0.3) is 11.1 Å². The highest BCUT2D eigenvalue weighted by molar-refractivity contribution is 5.91. The number of piperidine rings is 1. The molecule has 0 bridgehead atoms. The van der Waals surface area contributed by atoms with Gasteiger partial charge in [0.05, 0.1) is 0 Å². The average molecular weight is 343 g/mol. The predicted octanol–water partition coefficient (Wildman–Crippen LogP) is 3.72. The molecule has 134 valence electrons. The van der Waals surface area contributed by atoms with E-state index >= 15 is 0 Å². The van der Waals surface area contributed by atoms with Crippen LogP contribution >= 0.6 is 0 Å². The highest BCUT2D eigenvalue weighted by atomic mass is 16.3. The molecule has 1 aliphatic carbocycles. The molecule has 1 aromatic heterocycles. The van der Waals surface area contributed by atoms with E-state index in [4.69, 9.17) is 4.42 Å². The van der Waals surface area contributed by atoms with Crippen molar-refractivity contribution in [3.63, 3.8) is 0 Å². The number of benzene rings is 1. The lowest BCUT2D eigenvalue weighted by Crippen LogP contribution is -2.46. The van der Waals surface area contributed by atoms with Gasteiger partial charge in [-0.05, 0) is 49.7 Å². The highest BCUT2D eigenvalue weighted by Crippen LogP contribution is 2.40. The van der Waals surface area contributed by atoms with Crippen molar-refractivity contribution < 1.29 is 14.3 Å². The molecule has 1 aromatic carbocycles. The number of anilines is 1. The lowest BCUT2D eigenvalue weighted by atomic mass is 9.77. The van der Waals surface area contributed by atoms with E-state index in [1.165, 1.54) is 0 Å². The lowest BCUT2D eigenvalue weighted by molar-refractivity contribution is 0.0542. The first-order valence-corrected chi connectivity index (χ1v) is 9.20. The van der Waals surface area contributed by atoms with Gasteiger partial charge in [0, 0.05) is 37.4 Å². The highest BCUT2D eigenvalue weighted by Gasteiger charge is 2.34. The topological polar surface area (TPSA) is 78.6 Å². The molecule has 4 rings (SSSR count). The largest absolute Gasteiger partial charge is 0.440 e. The number of rotatable bonds is 4. The van der Waals surface area contributed by atoms with E-state index in [-0.39, 0.29) is 18.1 Å². The number of nitrogens with one attached hydrogen (secondary N) is 1. The fraction of sp³-hybridized carbons (Fsp3) is 0.579. The van der Waals surface area contributed by atoms with Gasteiger partial charge in [0.15, 0.2) is 11.5 Å². The monoisotopic (exact) mass is 343 g/mol. The second kappa shape index (κ2) is 6.33. The van der Waals surface area contributed by atoms with Crippen LogP contribution in [0.5, 0.6) is 0 Å². The zero-order chi connectivity index (χ0) is 17.4. The molecule has 1 saturated carbocycles. The standard InChI is InChI=1S/C19H25N3O3/c1-2-19(12-23)7-9-22(10-8-19)18(24)20-14-5-6-15-16(11-14)25-17(21-15)13-3-4-13/h5-6,11,13,23H,2-4,7-10,12H2,1H3,(H,20,24). The number of urea groups is 1. The molecule has 2 amide bonds. The smallest absolute Gasteiger partial charge is 0.321 e. The van der Waals surface area contributed by atoms with Gasteiger partial charge in [-0.2, -0.15) is 0 Å². The quantitative estimate of drug-likeness (QED) is 0.887. The summed E-state index contributed by atoms with van der Waals surface area (Å²) in [7, 11) is 0. The third-order valence-electron chi connectivity index (χ3n) is 5.78. The van der Waals surface area contributed by atoms with E-state index in [1.807, 2.05) is 23.1 Å². The number of aliphatic hydroxyl groups excluding tert-OH is 1. The van der Waals surface area contributed by atoms with Crippen molar-refractivity contribution in [2.75, 3.05) is 25.0 Å². The molecule has 0 atom stereocenters. The number of aliphatic hydroxyl groups is 1. The molecule has 2 aromatic rings. The molecular weight excluding hydrogens is 318 g/mol. The van der Waals surface area contributed by atoms with Crippen LogP contribution in [0.1, 0.15) is 50.8 Å². The van der Waals surface area contributed by atoms with Gasteiger partial charge in [-0.3, -0.25) is 0 Å². The van der Waals surface area contributed by atoms with E-state index in [1.54, 1.807) is 0 Å². The van der Waals surface area contributed by atoms with E-state index < -0.39 is 0 Å². The molecule has 1 aliphatic heterocycles. The van der Waals surface area contributed by atoms with Crippen LogP contribution < -0.4 is 5.32 Å². The SMILES string of the molecule is CCC1(CO)CCN(C(=O)Nc2ccc3nc(C4CC4)oc3c2)CC1. The molecular formula is C19H25N3O3. The summed E-state index contributed by atoms with van der Waals surface area (Å²) in [4.78, 5) is 18.9. The van der Waals surface area contributed by atoms with Crippen molar-refractivity contribution in [2.45, 2.75) is 44.9 Å². The molecule has 6 nitrogen and oxygen atoms in total. The Hall–Kier alpha value is -2.08. The summed E-state index contributed by atoms with van der Waals surface area (Å²) in [6, 6.07) is 5.52. The van der Waals surface area contributed by atoms with E-state index in [9.17, 15) is 9.90 Å². The Labute approximate surface area is 147 Å². The molecule has 2 N–H and O–H groups in total. The van der Waals surface area contributed by atoms with E-state index in [2.05, 4.69) is 17.2 Å². The minimum Gasteiger partial charge on any atom is -0.440 e. The van der Waals surface area contributed by atoms with Gasteiger partial charge >= 0.3 is 6.03 Å². The van der Waals surface area contributed by atoms with Gasteiger partial charge in [-0.1, -0.05) is 6.92 Å². The molecule has 2 aliphatic rings. The van der Waals surface area contributed by atoms with Crippen molar-refractivity contribution in [2.24, 2.45) is 5.41 Å². The van der Waals surface area contributed by atoms with Gasteiger partial charge < -0.3 is 19.7 Å². The molecule has 0 spiro atoms. The number of hydrogen-bond acceptors (Lipinski definition) is 4. The number of fused-ring (bicyclic) bond motifs is 1. The van der Waals surface area contributed by atoms with Crippen LogP contribution in [-0.2, 0) is 0 Å². The Morgan fingerprint density at radius 2 is 2.16 bits per heavy atom. The van der Waals surface area contributed by atoms with Crippen molar-refractivity contribution >= 4 is 22.8 Å². The first-order chi connectivity index (χ1) is 12.1. The van der Waals surface area contributed by atoms with Crippen LogP contribution in [0.2, 0.25) is 0 Å². The maximum Gasteiger partial charge on any atom is 0.321 e. The average Bonchev–Trinajstić information content (AvgIpc) is 3.41. The number of nitrogens with zero attached hydrogens (tertiary/aromatic N) is 2. The molecule has 0 radical (unpaired) electrons. The predicted molar refractivity (Wildman–Crippen MR) is 95.6 cm³/mol. The van der Waals surface area contributed by atoms with Crippen molar-refractivity contribution in [3.8, 4) is 0 Å². The van der Waals surface area contributed by atoms with Gasteiger partial charge in [0.1, 0.15) is 5.52 Å². The third-order valence-corrected chi connectivity index (χ3v) is 5.78. The second-order valence-corrected chi connectivity index (χ2v) is 7.44. The van der Waals surface area contributed by atoms with Crippen molar-refractivity contribution in [1.29, 1.82) is 0 Å².